The molecule has 3 rings (SSSR count). The normalized spacial score (nSPS) is 11.0. The maximum absolute atomic E-state index is 10.7. The molecule has 90 valence electrons. The number of carbonyl (C=O) groups is 1. The van der Waals surface area contributed by atoms with Crippen molar-refractivity contribution in [2.45, 2.75) is 13.8 Å². The zero-order valence-corrected chi connectivity index (χ0v) is 10.0. The van der Waals surface area contributed by atoms with Gasteiger partial charge in [0.05, 0.1) is 11.3 Å². The summed E-state index contributed by atoms with van der Waals surface area (Å²) < 4.78 is 7.35. The van der Waals surface area contributed by atoms with Gasteiger partial charge in [0.15, 0.2) is 6.29 Å². The maximum atomic E-state index is 10.7. The molecule has 0 radical (unpaired) electrons. The monoisotopic (exact) mass is 241 g/mol. The molecule has 0 saturated carbocycles. The molecule has 0 amide bonds. The summed E-state index contributed by atoms with van der Waals surface area (Å²) in [6, 6.07) is 3.71. The Kier molecular flexibility index (Phi) is 2.26. The number of imidazole rings is 1. The number of carbonyl (C=O) groups excluding carboxylic acids is 1. The van der Waals surface area contributed by atoms with Gasteiger partial charge < -0.3 is 8.82 Å². The third-order valence-electron chi connectivity index (χ3n) is 2.87. The van der Waals surface area contributed by atoms with Crippen LogP contribution in [-0.2, 0) is 0 Å². The summed E-state index contributed by atoms with van der Waals surface area (Å²) in [4.78, 5) is 19.1. The van der Waals surface area contributed by atoms with E-state index in [0.29, 0.717) is 11.6 Å². The van der Waals surface area contributed by atoms with Crippen LogP contribution in [0.3, 0.4) is 0 Å². The Morgan fingerprint density at radius 2 is 2.06 bits per heavy atom. The van der Waals surface area contributed by atoms with Gasteiger partial charge in [0.1, 0.15) is 17.1 Å². The number of pyridine rings is 1. The molecule has 0 fully saturated rings. The summed E-state index contributed by atoms with van der Waals surface area (Å²) in [7, 11) is 0. The van der Waals surface area contributed by atoms with E-state index in [1.807, 2.05) is 32.2 Å². The van der Waals surface area contributed by atoms with Crippen LogP contribution < -0.4 is 0 Å². The molecule has 0 bridgehead atoms. The van der Waals surface area contributed by atoms with Gasteiger partial charge in [0.25, 0.3) is 0 Å². The lowest BCUT2D eigenvalue weighted by Gasteiger charge is -1.97. The first-order chi connectivity index (χ1) is 8.67. The van der Waals surface area contributed by atoms with Crippen LogP contribution in [0.2, 0.25) is 0 Å². The average Bonchev–Trinajstić information content (AvgIpc) is 2.92. The van der Waals surface area contributed by atoms with Crippen molar-refractivity contribution in [1.29, 1.82) is 0 Å². The predicted octanol–water partition coefficient (Wildman–Crippen LogP) is 2.42. The molecule has 0 aliphatic carbocycles. The third-order valence-corrected chi connectivity index (χ3v) is 2.87. The molecule has 5 heteroatoms. The quantitative estimate of drug-likeness (QED) is 0.646. The van der Waals surface area contributed by atoms with Gasteiger partial charge in [-0.3, -0.25) is 4.79 Å². The average molecular weight is 241 g/mol. The van der Waals surface area contributed by atoms with Gasteiger partial charge >= 0.3 is 0 Å². The largest absolute Gasteiger partial charge is 0.441 e. The maximum Gasteiger partial charge on any atom is 0.227 e. The summed E-state index contributed by atoms with van der Waals surface area (Å²) in [5.41, 5.74) is 2.87. The summed E-state index contributed by atoms with van der Waals surface area (Å²) in [6.45, 7) is 3.79. The number of oxazole rings is 1. The molecule has 0 aliphatic heterocycles. The Morgan fingerprint density at radius 3 is 2.72 bits per heavy atom. The van der Waals surface area contributed by atoms with Crippen molar-refractivity contribution in [3.05, 3.63) is 41.7 Å². The van der Waals surface area contributed by atoms with Crippen LogP contribution in [0.15, 0.2) is 28.9 Å². The van der Waals surface area contributed by atoms with Crippen LogP contribution in [0.4, 0.5) is 0 Å². The fourth-order valence-corrected chi connectivity index (χ4v) is 1.79. The second-order valence-electron chi connectivity index (χ2n) is 4.13. The minimum Gasteiger partial charge on any atom is -0.441 e. The number of hydrogen-bond acceptors (Lipinski definition) is 4. The number of aromatic nitrogens is 3. The standard InChI is InChI=1S/C13H11N3O2/c1-8-9(2)18-13(14-8)10-3-4-12-15-11(7-17)6-16(12)5-10/h3-7H,1-2H3. The zero-order chi connectivity index (χ0) is 12.7. The van der Waals surface area contributed by atoms with E-state index >= 15 is 0 Å². The summed E-state index contributed by atoms with van der Waals surface area (Å²) in [5.74, 6) is 1.39. The van der Waals surface area contributed by atoms with Gasteiger partial charge in [-0.15, -0.1) is 0 Å². The van der Waals surface area contributed by atoms with Crippen molar-refractivity contribution in [1.82, 2.24) is 14.4 Å². The summed E-state index contributed by atoms with van der Waals surface area (Å²) in [6.07, 6.45) is 4.25. The molecule has 0 aromatic carbocycles. The van der Waals surface area contributed by atoms with Crippen molar-refractivity contribution in [2.75, 3.05) is 0 Å². The van der Waals surface area contributed by atoms with Crippen LogP contribution in [0.1, 0.15) is 21.9 Å². The van der Waals surface area contributed by atoms with E-state index < -0.39 is 0 Å². The molecular formula is C13H11N3O2. The second-order valence-corrected chi connectivity index (χ2v) is 4.13. The van der Waals surface area contributed by atoms with E-state index in [-0.39, 0.29) is 0 Å². The van der Waals surface area contributed by atoms with Crippen molar-refractivity contribution < 1.29 is 9.21 Å². The lowest BCUT2D eigenvalue weighted by molar-refractivity contribution is 0.111. The lowest BCUT2D eigenvalue weighted by atomic mass is 10.3. The molecule has 0 atom stereocenters. The highest BCUT2D eigenvalue weighted by Crippen LogP contribution is 2.21. The van der Waals surface area contributed by atoms with Gasteiger partial charge in [-0.25, -0.2) is 9.97 Å². The first-order valence-electron chi connectivity index (χ1n) is 5.56. The van der Waals surface area contributed by atoms with Gasteiger partial charge in [0.2, 0.25) is 5.89 Å². The highest BCUT2D eigenvalue weighted by Gasteiger charge is 2.09. The number of hydrogen-bond donors (Lipinski definition) is 0. The topological polar surface area (TPSA) is 60.4 Å². The first-order valence-corrected chi connectivity index (χ1v) is 5.56. The minimum absolute atomic E-state index is 0.409. The molecule has 0 saturated heterocycles. The van der Waals surface area contributed by atoms with Crippen LogP contribution >= 0.6 is 0 Å². The molecule has 0 N–H and O–H groups in total. The van der Waals surface area contributed by atoms with Gasteiger partial charge in [-0.05, 0) is 26.0 Å². The van der Waals surface area contributed by atoms with Crippen molar-refractivity contribution in [3.8, 4) is 11.5 Å². The van der Waals surface area contributed by atoms with E-state index in [4.69, 9.17) is 4.42 Å². The van der Waals surface area contributed by atoms with Crippen molar-refractivity contribution >= 4 is 11.9 Å². The molecule has 0 aliphatic rings. The lowest BCUT2D eigenvalue weighted by Crippen LogP contribution is -1.85. The van der Waals surface area contributed by atoms with E-state index in [1.54, 1.807) is 10.6 Å². The first kappa shape index (κ1) is 10.7. The Balaban J connectivity index is 2.15. The fraction of sp³-hybridized carbons (Fsp3) is 0.154. The molecule has 3 aromatic rings. The number of aldehydes is 1. The van der Waals surface area contributed by atoms with E-state index in [0.717, 1.165) is 29.0 Å². The molecule has 0 spiro atoms. The number of aryl methyl sites for hydroxylation is 2. The van der Waals surface area contributed by atoms with Gasteiger partial charge in [-0.2, -0.15) is 0 Å². The third kappa shape index (κ3) is 1.60. The number of fused-ring (bicyclic) bond motifs is 1. The Morgan fingerprint density at radius 1 is 1.22 bits per heavy atom. The second kappa shape index (κ2) is 3.80. The Bertz CT molecular complexity index is 720. The van der Waals surface area contributed by atoms with Crippen LogP contribution in [0.25, 0.3) is 17.1 Å². The summed E-state index contributed by atoms with van der Waals surface area (Å²) >= 11 is 0. The Labute approximate surface area is 103 Å². The van der Waals surface area contributed by atoms with Gasteiger partial charge in [0, 0.05) is 12.4 Å². The highest BCUT2D eigenvalue weighted by atomic mass is 16.4. The molecular weight excluding hydrogens is 230 g/mol. The van der Waals surface area contributed by atoms with Crippen molar-refractivity contribution in [3.63, 3.8) is 0 Å². The van der Waals surface area contributed by atoms with E-state index in [2.05, 4.69) is 9.97 Å². The van der Waals surface area contributed by atoms with Crippen LogP contribution in [0.5, 0.6) is 0 Å². The van der Waals surface area contributed by atoms with Crippen LogP contribution in [-0.4, -0.2) is 20.7 Å². The predicted molar refractivity (Wildman–Crippen MR) is 65.6 cm³/mol. The van der Waals surface area contributed by atoms with Crippen LogP contribution in [0, 0.1) is 13.8 Å². The summed E-state index contributed by atoms with van der Waals surface area (Å²) in [5, 5.41) is 0. The fourth-order valence-electron chi connectivity index (χ4n) is 1.79. The van der Waals surface area contributed by atoms with E-state index in [9.17, 15) is 4.79 Å². The molecule has 0 unspecified atom stereocenters. The van der Waals surface area contributed by atoms with Gasteiger partial charge in [-0.1, -0.05) is 0 Å². The SMILES string of the molecule is Cc1nc(-c2ccc3nc(C=O)cn3c2)oc1C. The smallest absolute Gasteiger partial charge is 0.227 e. The molecule has 5 nitrogen and oxygen atoms in total. The Hall–Kier alpha value is -2.43. The minimum atomic E-state index is 0.409. The highest BCUT2D eigenvalue weighted by molar-refractivity contribution is 5.73. The van der Waals surface area contributed by atoms with Crippen molar-refractivity contribution in [2.24, 2.45) is 0 Å². The zero-order valence-electron chi connectivity index (χ0n) is 10.0. The molecule has 3 heterocycles. The number of rotatable bonds is 2. The molecule has 18 heavy (non-hydrogen) atoms. The number of nitrogens with zero attached hydrogens (tertiary/aromatic N) is 3. The van der Waals surface area contributed by atoms with E-state index in [1.165, 1.54) is 0 Å². The molecule has 3 aromatic heterocycles.